The van der Waals surface area contributed by atoms with Crippen molar-refractivity contribution in [1.29, 1.82) is 0 Å². The number of likely N-dealkylation sites (tertiary alicyclic amines) is 1. The minimum absolute atomic E-state index is 0.0630. The van der Waals surface area contributed by atoms with Crippen molar-refractivity contribution in [3.8, 4) is 5.75 Å². The molecule has 1 aliphatic carbocycles. The Morgan fingerprint density at radius 2 is 1.77 bits per heavy atom. The van der Waals surface area contributed by atoms with Gasteiger partial charge in [-0.15, -0.1) is 0 Å². The number of hydrogen-bond acceptors (Lipinski definition) is 3. The quantitative estimate of drug-likeness (QED) is 0.810. The summed E-state index contributed by atoms with van der Waals surface area (Å²) >= 11 is 0. The van der Waals surface area contributed by atoms with E-state index >= 15 is 0 Å². The van der Waals surface area contributed by atoms with Gasteiger partial charge in [-0.3, -0.25) is 9.59 Å². The largest absolute Gasteiger partial charge is 0.491 e. The molecule has 0 bridgehead atoms. The molecule has 5 heteroatoms. The first-order valence-corrected chi connectivity index (χ1v) is 9.90. The molecule has 26 heavy (non-hydrogen) atoms. The molecule has 2 amide bonds. The number of ether oxygens (including phenoxy) is 1. The third kappa shape index (κ3) is 4.77. The SMILES string of the molecule is CC(C)Oc1ccc(NC(=O)C2CC(=O)N(C3CCCCCC3)C2)cc1. The van der Waals surface area contributed by atoms with Crippen LogP contribution in [0.4, 0.5) is 5.69 Å². The summed E-state index contributed by atoms with van der Waals surface area (Å²) in [5.41, 5.74) is 0.742. The number of nitrogens with zero attached hydrogens (tertiary/aromatic N) is 1. The molecule has 1 aliphatic heterocycles. The highest BCUT2D eigenvalue weighted by Gasteiger charge is 2.37. The van der Waals surface area contributed by atoms with Crippen molar-refractivity contribution in [3.05, 3.63) is 24.3 Å². The van der Waals surface area contributed by atoms with Crippen LogP contribution in [0.5, 0.6) is 5.75 Å². The van der Waals surface area contributed by atoms with Gasteiger partial charge in [-0.05, 0) is 51.0 Å². The van der Waals surface area contributed by atoms with Gasteiger partial charge in [-0.2, -0.15) is 0 Å². The number of benzene rings is 1. The van der Waals surface area contributed by atoms with Gasteiger partial charge in [0.15, 0.2) is 0 Å². The van der Waals surface area contributed by atoms with Crippen molar-refractivity contribution in [2.45, 2.75) is 70.9 Å². The fourth-order valence-corrected chi connectivity index (χ4v) is 3.96. The number of carbonyl (C=O) groups excluding carboxylic acids is 2. The van der Waals surface area contributed by atoms with Gasteiger partial charge in [-0.25, -0.2) is 0 Å². The van der Waals surface area contributed by atoms with Gasteiger partial charge >= 0.3 is 0 Å². The van der Waals surface area contributed by atoms with E-state index in [9.17, 15) is 9.59 Å². The minimum Gasteiger partial charge on any atom is -0.491 e. The lowest BCUT2D eigenvalue weighted by atomic mass is 10.1. The first kappa shape index (κ1) is 18.7. The third-order valence-electron chi connectivity index (χ3n) is 5.29. The van der Waals surface area contributed by atoms with E-state index < -0.39 is 0 Å². The van der Waals surface area contributed by atoms with E-state index in [4.69, 9.17) is 4.74 Å². The van der Waals surface area contributed by atoms with Gasteiger partial charge in [0.1, 0.15) is 5.75 Å². The first-order chi connectivity index (χ1) is 12.5. The molecule has 1 saturated heterocycles. The molecule has 1 saturated carbocycles. The zero-order valence-electron chi connectivity index (χ0n) is 15.9. The standard InChI is InChI=1S/C21H30N2O3/c1-15(2)26-19-11-9-17(10-12-19)22-21(25)16-13-20(24)23(14-16)18-7-5-3-4-6-8-18/h9-12,15-16,18H,3-8,13-14H2,1-2H3,(H,22,25). The van der Waals surface area contributed by atoms with Crippen LogP contribution in [0.2, 0.25) is 0 Å². The Kier molecular flexibility index (Phi) is 6.17. The van der Waals surface area contributed by atoms with Crippen molar-refractivity contribution in [2.24, 2.45) is 5.92 Å². The van der Waals surface area contributed by atoms with Crippen LogP contribution in [0, 0.1) is 5.92 Å². The van der Waals surface area contributed by atoms with Gasteiger partial charge in [0.25, 0.3) is 0 Å². The highest BCUT2D eigenvalue weighted by atomic mass is 16.5. The van der Waals surface area contributed by atoms with Crippen LogP contribution in [0.1, 0.15) is 58.8 Å². The van der Waals surface area contributed by atoms with Crippen molar-refractivity contribution in [1.82, 2.24) is 4.90 Å². The molecule has 2 fully saturated rings. The van der Waals surface area contributed by atoms with Gasteiger partial charge in [0.05, 0.1) is 12.0 Å². The summed E-state index contributed by atoms with van der Waals surface area (Å²) in [6.07, 6.45) is 7.52. The van der Waals surface area contributed by atoms with Crippen molar-refractivity contribution in [3.63, 3.8) is 0 Å². The Labute approximate surface area is 156 Å². The lowest BCUT2D eigenvalue weighted by Crippen LogP contribution is -2.37. The zero-order valence-corrected chi connectivity index (χ0v) is 15.9. The molecule has 0 radical (unpaired) electrons. The van der Waals surface area contributed by atoms with Crippen LogP contribution in [-0.2, 0) is 9.59 Å². The summed E-state index contributed by atoms with van der Waals surface area (Å²) in [7, 11) is 0. The summed E-state index contributed by atoms with van der Waals surface area (Å²) < 4.78 is 5.62. The number of amides is 2. The van der Waals surface area contributed by atoms with E-state index in [-0.39, 0.29) is 23.8 Å². The lowest BCUT2D eigenvalue weighted by molar-refractivity contribution is -0.130. The highest BCUT2D eigenvalue weighted by Crippen LogP contribution is 2.29. The molecule has 1 unspecified atom stereocenters. The molecular formula is C21H30N2O3. The molecular weight excluding hydrogens is 328 g/mol. The molecule has 1 atom stereocenters. The number of carbonyl (C=O) groups is 2. The summed E-state index contributed by atoms with van der Waals surface area (Å²) in [5.74, 6) is 0.607. The van der Waals surface area contributed by atoms with Crippen LogP contribution in [0.15, 0.2) is 24.3 Å². The van der Waals surface area contributed by atoms with Gasteiger partial charge in [-0.1, -0.05) is 25.7 Å². The van der Waals surface area contributed by atoms with Crippen molar-refractivity contribution in [2.75, 3.05) is 11.9 Å². The van der Waals surface area contributed by atoms with Crippen LogP contribution in [-0.4, -0.2) is 35.4 Å². The number of anilines is 1. The van der Waals surface area contributed by atoms with E-state index in [1.807, 2.05) is 43.0 Å². The first-order valence-electron chi connectivity index (χ1n) is 9.90. The van der Waals surface area contributed by atoms with Crippen molar-refractivity contribution < 1.29 is 14.3 Å². The Balaban J connectivity index is 1.55. The molecule has 1 heterocycles. The summed E-state index contributed by atoms with van der Waals surface area (Å²) in [5, 5.41) is 2.95. The Morgan fingerprint density at radius 3 is 2.38 bits per heavy atom. The normalized spacial score (nSPS) is 21.7. The maximum absolute atomic E-state index is 12.6. The lowest BCUT2D eigenvalue weighted by Gasteiger charge is -2.27. The summed E-state index contributed by atoms with van der Waals surface area (Å²) in [4.78, 5) is 27.0. The van der Waals surface area contributed by atoms with E-state index in [0.29, 0.717) is 19.0 Å². The molecule has 5 nitrogen and oxygen atoms in total. The van der Waals surface area contributed by atoms with Gasteiger partial charge in [0.2, 0.25) is 11.8 Å². The molecule has 1 aromatic rings. The van der Waals surface area contributed by atoms with E-state index in [0.717, 1.165) is 24.3 Å². The number of hydrogen-bond donors (Lipinski definition) is 1. The predicted octanol–water partition coefficient (Wildman–Crippen LogP) is 3.98. The Bertz CT molecular complexity index is 619. The zero-order chi connectivity index (χ0) is 18.5. The smallest absolute Gasteiger partial charge is 0.229 e. The maximum Gasteiger partial charge on any atom is 0.229 e. The average molecular weight is 358 g/mol. The second-order valence-electron chi connectivity index (χ2n) is 7.77. The second kappa shape index (κ2) is 8.56. The molecule has 1 N–H and O–H groups in total. The molecule has 142 valence electrons. The van der Waals surface area contributed by atoms with Gasteiger partial charge in [0, 0.05) is 24.7 Å². The monoisotopic (exact) mass is 358 g/mol. The Hall–Kier alpha value is -2.04. The summed E-state index contributed by atoms with van der Waals surface area (Å²) in [6, 6.07) is 7.72. The van der Waals surface area contributed by atoms with Crippen molar-refractivity contribution >= 4 is 17.5 Å². The molecule has 3 rings (SSSR count). The number of rotatable bonds is 5. The molecule has 0 aromatic heterocycles. The molecule has 1 aromatic carbocycles. The van der Waals surface area contributed by atoms with E-state index in [2.05, 4.69) is 5.32 Å². The van der Waals surface area contributed by atoms with Gasteiger partial charge < -0.3 is 15.0 Å². The second-order valence-corrected chi connectivity index (χ2v) is 7.77. The average Bonchev–Trinajstić information content (AvgIpc) is 2.82. The summed E-state index contributed by atoms with van der Waals surface area (Å²) in [6.45, 7) is 4.52. The topological polar surface area (TPSA) is 58.6 Å². The van der Waals surface area contributed by atoms with Crippen LogP contribution in [0.25, 0.3) is 0 Å². The maximum atomic E-state index is 12.6. The predicted molar refractivity (Wildman–Crippen MR) is 102 cm³/mol. The molecule has 2 aliphatic rings. The minimum atomic E-state index is -0.252. The fraction of sp³-hybridized carbons (Fsp3) is 0.619. The van der Waals surface area contributed by atoms with E-state index in [1.165, 1.54) is 25.7 Å². The third-order valence-corrected chi connectivity index (χ3v) is 5.29. The van der Waals surface area contributed by atoms with Crippen LogP contribution in [0.3, 0.4) is 0 Å². The Morgan fingerprint density at radius 1 is 1.12 bits per heavy atom. The van der Waals surface area contributed by atoms with Crippen LogP contribution >= 0.6 is 0 Å². The molecule has 0 spiro atoms. The number of nitrogens with one attached hydrogen (secondary N) is 1. The highest BCUT2D eigenvalue weighted by molar-refractivity contribution is 5.97. The van der Waals surface area contributed by atoms with Crippen LogP contribution < -0.4 is 10.1 Å². The van der Waals surface area contributed by atoms with E-state index in [1.54, 1.807) is 0 Å². The fourth-order valence-electron chi connectivity index (χ4n) is 3.96.